The van der Waals surface area contributed by atoms with Gasteiger partial charge in [-0.1, -0.05) is 6.07 Å². The molecular formula is C21H19FN6O2. The molecule has 2 fully saturated rings. The number of hydrogen-bond acceptors (Lipinski definition) is 6. The topological polar surface area (TPSA) is 84.2 Å². The third-order valence-corrected chi connectivity index (χ3v) is 5.79. The standard InChI is InChI=1S/C21H19FN6O2/c1-26-19(29)9-18(17-5-6-23-12-24-17)25-21(26)28-11-15-8-16(28)10-27(15)20(30)13-3-2-4-14(22)7-13/h2-7,9,12,15-16H,8,10-11H2,1H3. The Hall–Kier alpha value is -3.62. The van der Waals surface area contributed by atoms with Crippen molar-refractivity contribution < 1.29 is 9.18 Å². The van der Waals surface area contributed by atoms with Gasteiger partial charge in [-0.3, -0.25) is 14.2 Å². The summed E-state index contributed by atoms with van der Waals surface area (Å²) in [4.78, 5) is 42.0. The Morgan fingerprint density at radius 2 is 2.00 bits per heavy atom. The predicted molar refractivity (Wildman–Crippen MR) is 107 cm³/mol. The molecule has 30 heavy (non-hydrogen) atoms. The minimum atomic E-state index is -0.424. The molecule has 2 aromatic heterocycles. The Morgan fingerprint density at radius 3 is 2.70 bits per heavy atom. The molecule has 1 aromatic carbocycles. The van der Waals surface area contributed by atoms with E-state index >= 15 is 0 Å². The van der Waals surface area contributed by atoms with Gasteiger partial charge in [0.15, 0.2) is 0 Å². The summed E-state index contributed by atoms with van der Waals surface area (Å²) >= 11 is 0. The first-order valence-electron chi connectivity index (χ1n) is 9.69. The second kappa shape index (κ2) is 7.01. The molecule has 4 heterocycles. The van der Waals surface area contributed by atoms with Crippen LogP contribution in [0.25, 0.3) is 11.4 Å². The van der Waals surface area contributed by atoms with Gasteiger partial charge in [0.05, 0.1) is 23.5 Å². The van der Waals surface area contributed by atoms with Crippen molar-refractivity contribution in [1.82, 2.24) is 24.4 Å². The smallest absolute Gasteiger partial charge is 0.255 e. The highest BCUT2D eigenvalue weighted by Crippen LogP contribution is 2.34. The molecule has 0 radical (unpaired) electrons. The summed E-state index contributed by atoms with van der Waals surface area (Å²) in [5.41, 5.74) is 1.25. The van der Waals surface area contributed by atoms with Gasteiger partial charge in [0.1, 0.15) is 12.1 Å². The second-order valence-electron chi connectivity index (χ2n) is 7.60. The van der Waals surface area contributed by atoms with Crippen LogP contribution >= 0.6 is 0 Å². The van der Waals surface area contributed by atoms with Gasteiger partial charge in [-0.25, -0.2) is 19.3 Å². The van der Waals surface area contributed by atoms with E-state index in [1.54, 1.807) is 36.3 Å². The first-order valence-corrected chi connectivity index (χ1v) is 9.69. The van der Waals surface area contributed by atoms with Crippen LogP contribution in [-0.4, -0.2) is 55.5 Å². The molecule has 0 saturated carbocycles. The molecule has 0 aliphatic carbocycles. The van der Waals surface area contributed by atoms with Crippen LogP contribution in [0.5, 0.6) is 0 Å². The maximum atomic E-state index is 13.5. The fraction of sp³-hybridized carbons (Fsp3) is 0.286. The van der Waals surface area contributed by atoms with Crippen molar-refractivity contribution in [3.8, 4) is 11.4 Å². The highest BCUT2D eigenvalue weighted by Gasteiger charge is 2.46. The predicted octanol–water partition coefficient (Wildman–Crippen LogP) is 1.48. The normalized spacial score (nSPS) is 20.1. The van der Waals surface area contributed by atoms with Crippen LogP contribution in [0.15, 0.2) is 53.7 Å². The summed E-state index contributed by atoms with van der Waals surface area (Å²) < 4.78 is 15.0. The van der Waals surface area contributed by atoms with E-state index in [4.69, 9.17) is 0 Å². The Labute approximate surface area is 171 Å². The number of hydrogen-bond donors (Lipinski definition) is 0. The molecule has 2 bridgehead atoms. The molecule has 152 valence electrons. The number of rotatable bonds is 3. The summed E-state index contributed by atoms with van der Waals surface area (Å²) in [5.74, 6) is -0.0349. The molecule has 2 aliphatic heterocycles. The lowest BCUT2D eigenvalue weighted by Gasteiger charge is -2.35. The average Bonchev–Trinajstić information content (AvgIpc) is 3.36. The van der Waals surface area contributed by atoms with Gasteiger partial charge in [0.25, 0.3) is 11.5 Å². The minimum Gasteiger partial charge on any atom is -0.335 e. The fourth-order valence-electron chi connectivity index (χ4n) is 4.31. The van der Waals surface area contributed by atoms with Crippen LogP contribution in [0.1, 0.15) is 16.8 Å². The van der Waals surface area contributed by atoms with Crippen LogP contribution in [0.3, 0.4) is 0 Å². The molecule has 2 saturated heterocycles. The molecule has 5 rings (SSSR count). The van der Waals surface area contributed by atoms with Crippen molar-refractivity contribution in [3.05, 3.63) is 70.7 Å². The lowest BCUT2D eigenvalue weighted by atomic mass is 10.1. The molecule has 2 atom stereocenters. The highest BCUT2D eigenvalue weighted by molar-refractivity contribution is 5.95. The Morgan fingerprint density at radius 1 is 1.13 bits per heavy atom. The number of piperazine rings is 1. The van der Waals surface area contributed by atoms with Crippen LogP contribution in [0.2, 0.25) is 0 Å². The van der Waals surface area contributed by atoms with Gasteiger partial charge in [0.2, 0.25) is 5.95 Å². The summed E-state index contributed by atoms with van der Waals surface area (Å²) in [5, 5.41) is 0. The zero-order chi connectivity index (χ0) is 20.8. The van der Waals surface area contributed by atoms with Gasteiger partial charge in [-0.2, -0.15) is 0 Å². The zero-order valence-electron chi connectivity index (χ0n) is 16.3. The van der Waals surface area contributed by atoms with Crippen molar-refractivity contribution in [1.29, 1.82) is 0 Å². The Bertz CT molecular complexity index is 1180. The van der Waals surface area contributed by atoms with Crippen LogP contribution in [-0.2, 0) is 7.05 Å². The van der Waals surface area contributed by atoms with Crippen LogP contribution in [0, 0.1) is 5.82 Å². The number of anilines is 1. The van der Waals surface area contributed by atoms with Gasteiger partial charge >= 0.3 is 0 Å². The molecule has 0 spiro atoms. The molecule has 9 heteroatoms. The van der Waals surface area contributed by atoms with E-state index in [1.165, 1.54) is 29.1 Å². The van der Waals surface area contributed by atoms with Crippen LogP contribution in [0.4, 0.5) is 10.3 Å². The number of fused-ring (bicyclic) bond motifs is 2. The first-order chi connectivity index (χ1) is 14.5. The van der Waals surface area contributed by atoms with E-state index in [0.29, 0.717) is 36.0 Å². The lowest BCUT2D eigenvalue weighted by molar-refractivity contribution is 0.0724. The van der Waals surface area contributed by atoms with E-state index in [9.17, 15) is 14.0 Å². The third kappa shape index (κ3) is 3.02. The van der Waals surface area contributed by atoms with Crippen molar-refractivity contribution in [2.75, 3.05) is 18.0 Å². The molecule has 8 nitrogen and oxygen atoms in total. The number of carbonyl (C=O) groups excluding carboxylic acids is 1. The molecular weight excluding hydrogens is 387 g/mol. The van der Waals surface area contributed by atoms with E-state index < -0.39 is 5.82 Å². The molecule has 2 aliphatic rings. The number of halogens is 1. The third-order valence-electron chi connectivity index (χ3n) is 5.79. The van der Waals surface area contributed by atoms with E-state index in [-0.39, 0.29) is 23.6 Å². The first kappa shape index (κ1) is 18.4. The van der Waals surface area contributed by atoms with Crippen molar-refractivity contribution >= 4 is 11.9 Å². The highest BCUT2D eigenvalue weighted by atomic mass is 19.1. The lowest BCUT2D eigenvalue weighted by Crippen LogP contribution is -2.50. The van der Waals surface area contributed by atoms with E-state index in [1.807, 2.05) is 0 Å². The number of likely N-dealkylation sites (tertiary alicyclic amines) is 1. The summed E-state index contributed by atoms with van der Waals surface area (Å²) in [6.07, 6.45) is 3.81. The van der Waals surface area contributed by atoms with E-state index in [0.717, 1.165) is 6.42 Å². The Kier molecular flexibility index (Phi) is 4.30. The minimum absolute atomic E-state index is 0.00891. The number of nitrogens with zero attached hydrogens (tertiary/aromatic N) is 6. The number of amides is 1. The largest absolute Gasteiger partial charge is 0.335 e. The summed E-state index contributed by atoms with van der Waals surface area (Å²) in [7, 11) is 1.69. The Balaban J connectivity index is 1.42. The second-order valence-corrected chi connectivity index (χ2v) is 7.60. The van der Waals surface area contributed by atoms with Crippen LogP contribution < -0.4 is 10.5 Å². The zero-order valence-corrected chi connectivity index (χ0v) is 16.3. The summed E-state index contributed by atoms with van der Waals surface area (Å²) in [6.45, 7) is 1.08. The maximum absolute atomic E-state index is 13.5. The monoisotopic (exact) mass is 406 g/mol. The van der Waals surface area contributed by atoms with Crippen molar-refractivity contribution in [2.24, 2.45) is 7.05 Å². The molecule has 3 aromatic rings. The fourth-order valence-corrected chi connectivity index (χ4v) is 4.31. The molecule has 2 unspecified atom stereocenters. The van der Waals surface area contributed by atoms with Crippen molar-refractivity contribution in [2.45, 2.75) is 18.5 Å². The number of aromatic nitrogens is 4. The number of benzene rings is 1. The van der Waals surface area contributed by atoms with Gasteiger partial charge in [0, 0.05) is 38.0 Å². The van der Waals surface area contributed by atoms with Gasteiger partial charge in [-0.05, 0) is 30.7 Å². The summed E-state index contributed by atoms with van der Waals surface area (Å²) in [6, 6.07) is 8.97. The molecule has 1 amide bonds. The quantitative estimate of drug-likeness (QED) is 0.655. The number of carbonyl (C=O) groups is 1. The van der Waals surface area contributed by atoms with Crippen molar-refractivity contribution in [3.63, 3.8) is 0 Å². The van der Waals surface area contributed by atoms with Gasteiger partial charge < -0.3 is 9.80 Å². The van der Waals surface area contributed by atoms with E-state index in [2.05, 4.69) is 19.9 Å². The molecule has 0 N–H and O–H groups in total. The van der Waals surface area contributed by atoms with Gasteiger partial charge in [-0.15, -0.1) is 0 Å². The SMILES string of the molecule is Cn1c(N2CC3CC2CN3C(=O)c2cccc(F)c2)nc(-c2ccncn2)cc1=O. The maximum Gasteiger partial charge on any atom is 0.255 e. The average molecular weight is 406 g/mol.